The number of thioether (sulfide) groups is 1. The number of rotatable bonds is 4. The summed E-state index contributed by atoms with van der Waals surface area (Å²) >= 11 is 1.72. The first-order valence-corrected chi connectivity index (χ1v) is 9.20. The highest BCUT2D eigenvalue weighted by molar-refractivity contribution is 7.98. The van der Waals surface area contributed by atoms with E-state index in [1.54, 1.807) is 11.8 Å². The van der Waals surface area contributed by atoms with E-state index in [9.17, 15) is 8.42 Å². The lowest BCUT2D eigenvalue weighted by Gasteiger charge is -2.23. The molecule has 1 fully saturated rings. The van der Waals surface area contributed by atoms with Crippen LogP contribution in [0.15, 0.2) is 29.2 Å². The van der Waals surface area contributed by atoms with Crippen LogP contribution in [0.25, 0.3) is 0 Å². The van der Waals surface area contributed by atoms with Crippen molar-refractivity contribution < 1.29 is 8.42 Å². The molecule has 1 aromatic rings. The Labute approximate surface area is 113 Å². The summed E-state index contributed by atoms with van der Waals surface area (Å²) in [6.45, 7) is 0.745. The van der Waals surface area contributed by atoms with E-state index < -0.39 is 9.84 Å². The van der Waals surface area contributed by atoms with Gasteiger partial charge in [0.2, 0.25) is 0 Å². The molecule has 0 spiro atoms. The summed E-state index contributed by atoms with van der Waals surface area (Å²) in [5, 5.41) is 3.35. The van der Waals surface area contributed by atoms with Crippen molar-refractivity contribution in [1.29, 1.82) is 0 Å². The molecule has 1 unspecified atom stereocenters. The first-order chi connectivity index (χ1) is 8.59. The molecule has 1 N–H and O–H groups in total. The van der Waals surface area contributed by atoms with E-state index >= 15 is 0 Å². The third-order valence-electron chi connectivity index (χ3n) is 3.22. The molecule has 0 amide bonds. The van der Waals surface area contributed by atoms with Crippen LogP contribution in [0.3, 0.4) is 0 Å². The number of nitrogens with one attached hydrogen (secondary N) is 1. The Morgan fingerprint density at radius 2 is 2.06 bits per heavy atom. The van der Waals surface area contributed by atoms with E-state index in [4.69, 9.17) is 0 Å². The maximum atomic E-state index is 11.5. The Kier molecular flexibility index (Phi) is 4.70. The number of hydrogen-bond donors (Lipinski definition) is 1. The molecular weight excluding hydrogens is 266 g/mol. The molecule has 0 bridgehead atoms. The van der Waals surface area contributed by atoms with Crippen molar-refractivity contribution in [3.63, 3.8) is 0 Å². The molecule has 0 saturated carbocycles. The molecule has 2 rings (SSSR count). The summed E-state index contributed by atoms with van der Waals surface area (Å²) in [6.07, 6.45) is 3.80. The monoisotopic (exact) mass is 285 g/mol. The van der Waals surface area contributed by atoms with Gasteiger partial charge in [0.25, 0.3) is 0 Å². The van der Waals surface area contributed by atoms with Crippen molar-refractivity contribution in [2.75, 3.05) is 17.8 Å². The third-order valence-corrected chi connectivity index (χ3v) is 5.78. The van der Waals surface area contributed by atoms with Gasteiger partial charge in [-0.05, 0) is 36.8 Å². The lowest BCUT2D eigenvalue weighted by atomic mass is 10.1. The van der Waals surface area contributed by atoms with Crippen molar-refractivity contribution in [2.45, 2.75) is 30.3 Å². The van der Waals surface area contributed by atoms with Crippen LogP contribution in [0.1, 0.15) is 18.4 Å². The third kappa shape index (κ3) is 4.00. The number of benzene rings is 1. The highest BCUT2D eigenvalue weighted by Crippen LogP contribution is 2.16. The average molecular weight is 285 g/mol. The minimum Gasteiger partial charge on any atom is -0.309 e. The van der Waals surface area contributed by atoms with Gasteiger partial charge in [0.05, 0.1) is 11.5 Å². The topological polar surface area (TPSA) is 46.2 Å². The molecule has 0 aliphatic carbocycles. The Balaban J connectivity index is 1.87. The van der Waals surface area contributed by atoms with E-state index in [0.717, 1.165) is 19.4 Å². The van der Waals surface area contributed by atoms with Crippen LogP contribution in [0.4, 0.5) is 0 Å². The normalized spacial score (nSPS) is 22.8. The SMILES string of the molecule is CSc1ccc(CNC2CCCS(=O)(=O)C2)cc1. The fourth-order valence-electron chi connectivity index (χ4n) is 2.19. The second-order valence-electron chi connectivity index (χ2n) is 4.68. The van der Waals surface area contributed by atoms with E-state index in [-0.39, 0.29) is 11.8 Å². The minimum atomic E-state index is -2.81. The highest BCUT2D eigenvalue weighted by atomic mass is 32.2. The fraction of sp³-hybridized carbons (Fsp3) is 0.538. The van der Waals surface area contributed by atoms with Gasteiger partial charge in [-0.1, -0.05) is 12.1 Å². The van der Waals surface area contributed by atoms with Gasteiger partial charge in [-0.25, -0.2) is 8.42 Å². The zero-order valence-corrected chi connectivity index (χ0v) is 12.2. The van der Waals surface area contributed by atoms with Crippen molar-refractivity contribution in [2.24, 2.45) is 0 Å². The van der Waals surface area contributed by atoms with Crippen molar-refractivity contribution in [1.82, 2.24) is 5.32 Å². The Bertz CT molecular complexity index is 482. The summed E-state index contributed by atoms with van der Waals surface area (Å²) in [7, 11) is -2.81. The van der Waals surface area contributed by atoms with E-state index in [1.807, 2.05) is 0 Å². The van der Waals surface area contributed by atoms with Crippen LogP contribution in [-0.2, 0) is 16.4 Å². The number of sulfone groups is 1. The van der Waals surface area contributed by atoms with Gasteiger partial charge in [0.1, 0.15) is 0 Å². The molecule has 1 aromatic carbocycles. The van der Waals surface area contributed by atoms with Gasteiger partial charge in [-0.15, -0.1) is 11.8 Å². The molecule has 0 aromatic heterocycles. The molecule has 1 aliphatic rings. The summed E-state index contributed by atoms with van der Waals surface area (Å²) in [6, 6.07) is 8.49. The second kappa shape index (κ2) is 6.08. The van der Waals surface area contributed by atoms with Gasteiger partial charge < -0.3 is 5.32 Å². The lowest BCUT2D eigenvalue weighted by Crippen LogP contribution is -2.39. The van der Waals surface area contributed by atoms with Gasteiger partial charge in [-0.2, -0.15) is 0 Å². The fourth-order valence-corrected chi connectivity index (χ4v) is 4.27. The standard InChI is InChI=1S/C13H19NO2S2/c1-17-13-6-4-11(5-7-13)9-14-12-3-2-8-18(15,16)10-12/h4-7,12,14H,2-3,8-10H2,1H3. The average Bonchev–Trinajstić information content (AvgIpc) is 2.36. The molecular formula is C13H19NO2S2. The predicted octanol–water partition coefficient (Wildman–Crippen LogP) is 2.08. The molecule has 1 atom stereocenters. The van der Waals surface area contributed by atoms with E-state index in [0.29, 0.717) is 5.75 Å². The van der Waals surface area contributed by atoms with Crippen LogP contribution >= 0.6 is 11.8 Å². The molecule has 18 heavy (non-hydrogen) atoms. The second-order valence-corrected chi connectivity index (χ2v) is 7.79. The van der Waals surface area contributed by atoms with E-state index in [1.165, 1.54) is 10.5 Å². The van der Waals surface area contributed by atoms with Gasteiger partial charge in [0, 0.05) is 17.5 Å². The van der Waals surface area contributed by atoms with Crippen LogP contribution in [-0.4, -0.2) is 32.2 Å². The highest BCUT2D eigenvalue weighted by Gasteiger charge is 2.23. The summed E-state index contributed by atoms with van der Waals surface area (Å²) in [4.78, 5) is 1.25. The summed E-state index contributed by atoms with van der Waals surface area (Å²) < 4.78 is 23.0. The van der Waals surface area contributed by atoms with Crippen LogP contribution in [0, 0.1) is 0 Å². The number of hydrogen-bond acceptors (Lipinski definition) is 4. The van der Waals surface area contributed by atoms with Crippen molar-refractivity contribution in [3.8, 4) is 0 Å². The first kappa shape index (κ1) is 13.9. The zero-order valence-electron chi connectivity index (χ0n) is 10.6. The maximum absolute atomic E-state index is 11.5. The van der Waals surface area contributed by atoms with Gasteiger partial charge >= 0.3 is 0 Å². The first-order valence-electron chi connectivity index (χ1n) is 6.16. The molecule has 100 valence electrons. The van der Waals surface area contributed by atoms with Crippen LogP contribution in [0.5, 0.6) is 0 Å². The minimum absolute atomic E-state index is 0.115. The summed E-state index contributed by atoms with van der Waals surface area (Å²) in [5.74, 6) is 0.642. The van der Waals surface area contributed by atoms with Crippen molar-refractivity contribution in [3.05, 3.63) is 29.8 Å². The summed E-state index contributed by atoms with van der Waals surface area (Å²) in [5.41, 5.74) is 1.20. The molecule has 0 radical (unpaired) electrons. The Morgan fingerprint density at radius 1 is 1.33 bits per heavy atom. The Hall–Kier alpha value is -0.520. The lowest BCUT2D eigenvalue weighted by molar-refractivity contribution is 0.480. The largest absolute Gasteiger partial charge is 0.309 e. The van der Waals surface area contributed by atoms with Crippen LogP contribution in [0.2, 0.25) is 0 Å². The Morgan fingerprint density at radius 3 is 2.67 bits per heavy atom. The zero-order chi connectivity index (χ0) is 13.0. The molecule has 1 heterocycles. The molecule has 5 heteroatoms. The molecule has 1 saturated heterocycles. The maximum Gasteiger partial charge on any atom is 0.151 e. The van der Waals surface area contributed by atoms with Crippen LogP contribution < -0.4 is 5.32 Å². The molecule has 1 aliphatic heterocycles. The predicted molar refractivity (Wildman–Crippen MR) is 76.7 cm³/mol. The molecule has 3 nitrogen and oxygen atoms in total. The van der Waals surface area contributed by atoms with Crippen molar-refractivity contribution >= 4 is 21.6 Å². The smallest absolute Gasteiger partial charge is 0.151 e. The quantitative estimate of drug-likeness (QED) is 0.860. The van der Waals surface area contributed by atoms with Gasteiger partial charge in [0.15, 0.2) is 9.84 Å². The van der Waals surface area contributed by atoms with Gasteiger partial charge in [-0.3, -0.25) is 0 Å². The van der Waals surface area contributed by atoms with E-state index in [2.05, 4.69) is 35.8 Å².